The topological polar surface area (TPSA) is 28.2 Å². The van der Waals surface area contributed by atoms with Crippen molar-refractivity contribution in [1.82, 2.24) is 10.3 Å². The summed E-state index contributed by atoms with van der Waals surface area (Å²) < 4.78 is 0. The Hall–Kier alpha value is -0.610. The first-order valence-corrected chi connectivity index (χ1v) is 5.55. The van der Waals surface area contributed by atoms with Gasteiger partial charge in [0, 0.05) is 31.2 Å². The van der Waals surface area contributed by atoms with Gasteiger partial charge in [0.05, 0.1) is 0 Å². The molecule has 0 aliphatic heterocycles. The van der Waals surface area contributed by atoms with Crippen molar-refractivity contribution in [2.75, 3.05) is 31.6 Å². The summed E-state index contributed by atoms with van der Waals surface area (Å²) in [5.41, 5.74) is 0. The molecular formula is C9H17N3S. The van der Waals surface area contributed by atoms with E-state index in [1.807, 2.05) is 18.6 Å². The van der Waals surface area contributed by atoms with Crippen LogP contribution in [0.3, 0.4) is 0 Å². The summed E-state index contributed by atoms with van der Waals surface area (Å²) in [6.45, 7) is 5.34. The second-order valence-corrected chi connectivity index (χ2v) is 3.78. The molecule has 4 heteroatoms. The molecule has 0 aliphatic carbocycles. The molecule has 0 saturated heterocycles. The number of rotatable bonds is 6. The lowest BCUT2D eigenvalue weighted by molar-refractivity contribution is 0.708. The van der Waals surface area contributed by atoms with Crippen molar-refractivity contribution in [3.05, 3.63) is 11.6 Å². The van der Waals surface area contributed by atoms with Gasteiger partial charge < -0.3 is 10.2 Å². The van der Waals surface area contributed by atoms with E-state index in [1.54, 1.807) is 11.3 Å². The van der Waals surface area contributed by atoms with Gasteiger partial charge in [0.2, 0.25) is 0 Å². The predicted octanol–water partition coefficient (Wildman–Crippen LogP) is 1.58. The summed E-state index contributed by atoms with van der Waals surface area (Å²) in [5, 5.41) is 6.32. The average Bonchev–Trinajstić information content (AvgIpc) is 2.65. The first kappa shape index (κ1) is 10.5. The number of aromatic nitrogens is 1. The summed E-state index contributed by atoms with van der Waals surface area (Å²) in [5.74, 6) is 0. The molecule has 1 N–H and O–H groups in total. The summed E-state index contributed by atoms with van der Waals surface area (Å²) in [4.78, 5) is 6.63. The Bertz CT molecular complexity index is 211. The summed E-state index contributed by atoms with van der Waals surface area (Å²) in [6.07, 6.45) is 3.03. The second-order valence-electron chi connectivity index (χ2n) is 2.91. The SMILES string of the molecule is CCCN(CCNC)c1nccs1. The molecule has 0 unspecified atom stereocenters. The van der Waals surface area contributed by atoms with Crippen molar-refractivity contribution in [2.45, 2.75) is 13.3 Å². The highest BCUT2D eigenvalue weighted by molar-refractivity contribution is 7.13. The van der Waals surface area contributed by atoms with Gasteiger partial charge in [0.25, 0.3) is 0 Å². The van der Waals surface area contributed by atoms with Crippen LogP contribution in [0.4, 0.5) is 5.13 Å². The van der Waals surface area contributed by atoms with Crippen molar-refractivity contribution in [3.63, 3.8) is 0 Å². The number of hydrogen-bond acceptors (Lipinski definition) is 4. The maximum absolute atomic E-state index is 4.30. The Morgan fingerprint density at radius 1 is 1.54 bits per heavy atom. The van der Waals surface area contributed by atoms with Gasteiger partial charge in [0.15, 0.2) is 5.13 Å². The lowest BCUT2D eigenvalue weighted by atomic mass is 10.4. The Kier molecular flexibility index (Phi) is 4.78. The van der Waals surface area contributed by atoms with Gasteiger partial charge in [-0.15, -0.1) is 11.3 Å². The van der Waals surface area contributed by atoms with Gasteiger partial charge in [-0.25, -0.2) is 4.98 Å². The second kappa shape index (κ2) is 5.94. The Morgan fingerprint density at radius 2 is 2.38 bits per heavy atom. The van der Waals surface area contributed by atoms with E-state index in [0.717, 1.165) is 24.8 Å². The molecular weight excluding hydrogens is 182 g/mol. The monoisotopic (exact) mass is 199 g/mol. The highest BCUT2D eigenvalue weighted by Gasteiger charge is 2.05. The highest BCUT2D eigenvalue weighted by atomic mass is 32.1. The van der Waals surface area contributed by atoms with Gasteiger partial charge in [-0.3, -0.25) is 0 Å². The molecule has 0 radical (unpaired) electrons. The minimum absolute atomic E-state index is 1.01. The molecule has 1 heterocycles. The number of thiazole rings is 1. The molecule has 3 nitrogen and oxygen atoms in total. The van der Waals surface area contributed by atoms with Crippen LogP contribution in [0, 0.1) is 0 Å². The molecule has 1 aromatic heterocycles. The third-order valence-electron chi connectivity index (χ3n) is 1.82. The van der Waals surface area contributed by atoms with E-state index in [9.17, 15) is 0 Å². The lowest BCUT2D eigenvalue weighted by Crippen LogP contribution is -2.31. The zero-order valence-electron chi connectivity index (χ0n) is 8.29. The lowest BCUT2D eigenvalue weighted by Gasteiger charge is -2.20. The number of likely N-dealkylation sites (N-methyl/N-ethyl adjacent to an activating group) is 1. The van der Waals surface area contributed by atoms with E-state index in [2.05, 4.69) is 22.1 Å². The van der Waals surface area contributed by atoms with E-state index in [0.29, 0.717) is 0 Å². The zero-order chi connectivity index (χ0) is 9.52. The summed E-state index contributed by atoms with van der Waals surface area (Å²) in [7, 11) is 1.98. The fourth-order valence-corrected chi connectivity index (χ4v) is 1.89. The Balaban J connectivity index is 2.47. The molecule has 0 aromatic carbocycles. The van der Waals surface area contributed by atoms with Crippen LogP contribution in [0.1, 0.15) is 13.3 Å². The standard InChI is InChI=1S/C9H17N3S/c1-3-6-12(7-4-10-2)9-11-5-8-13-9/h5,8,10H,3-4,6-7H2,1-2H3. The molecule has 0 amide bonds. The van der Waals surface area contributed by atoms with E-state index >= 15 is 0 Å². The minimum Gasteiger partial charge on any atom is -0.347 e. The van der Waals surface area contributed by atoms with Crippen LogP contribution in [0.15, 0.2) is 11.6 Å². The van der Waals surface area contributed by atoms with E-state index < -0.39 is 0 Å². The third kappa shape index (κ3) is 3.32. The van der Waals surface area contributed by atoms with Crippen LogP contribution < -0.4 is 10.2 Å². The van der Waals surface area contributed by atoms with Crippen LogP contribution in [0.2, 0.25) is 0 Å². The van der Waals surface area contributed by atoms with E-state index in [1.165, 1.54) is 6.42 Å². The van der Waals surface area contributed by atoms with Gasteiger partial charge in [-0.05, 0) is 13.5 Å². The number of anilines is 1. The molecule has 0 bridgehead atoms. The van der Waals surface area contributed by atoms with Gasteiger partial charge in [-0.2, -0.15) is 0 Å². The minimum atomic E-state index is 1.01. The molecule has 0 fully saturated rings. The molecule has 1 aromatic rings. The first-order chi connectivity index (χ1) is 6.38. The van der Waals surface area contributed by atoms with Gasteiger partial charge in [-0.1, -0.05) is 6.92 Å². The average molecular weight is 199 g/mol. The van der Waals surface area contributed by atoms with E-state index in [-0.39, 0.29) is 0 Å². The van der Waals surface area contributed by atoms with E-state index in [4.69, 9.17) is 0 Å². The zero-order valence-corrected chi connectivity index (χ0v) is 9.10. The highest BCUT2D eigenvalue weighted by Crippen LogP contribution is 2.16. The smallest absolute Gasteiger partial charge is 0.185 e. The molecule has 1 rings (SSSR count). The number of hydrogen-bond donors (Lipinski definition) is 1. The van der Waals surface area contributed by atoms with Crippen LogP contribution >= 0.6 is 11.3 Å². The fourth-order valence-electron chi connectivity index (χ4n) is 1.19. The quantitative estimate of drug-likeness (QED) is 0.754. The molecule has 0 spiro atoms. The van der Waals surface area contributed by atoms with Crippen molar-refractivity contribution < 1.29 is 0 Å². The first-order valence-electron chi connectivity index (χ1n) is 4.67. The maximum atomic E-state index is 4.30. The fraction of sp³-hybridized carbons (Fsp3) is 0.667. The summed E-state index contributed by atoms with van der Waals surface area (Å²) >= 11 is 1.71. The number of nitrogens with zero attached hydrogens (tertiary/aromatic N) is 2. The Labute approximate surface area is 83.8 Å². The van der Waals surface area contributed by atoms with Crippen molar-refractivity contribution in [2.24, 2.45) is 0 Å². The van der Waals surface area contributed by atoms with Crippen molar-refractivity contribution in [3.8, 4) is 0 Å². The van der Waals surface area contributed by atoms with Crippen molar-refractivity contribution >= 4 is 16.5 Å². The third-order valence-corrected chi connectivity index (χ3v) is 2.65. The predicted molar refractivity (Wildman–Crippen MR) is 58.5 cm³/mol. The molecule has 74 valence electrons. The van der Waals surface area contributed by atoms with Gasteiger partial charge >= 0.3 is 0 Å². The molecule has 13 heavy (non-hydrogen) atoms. The van der Waals surface area contributed by atoms with Crippen LogP contribution in [0.25, 0.3) is 0 Å². The molecule has 0 atom stereocenters. The maximum Gasteiger partial charge on any atom is 0.185 e. The Morgan fingerprint density at radius 3 is 2.92 bits per heavy atom. The normalized spacial score (nSPS) is 10.3. The van der Waals surface area contributed by atoms with Crippen LogP contribution in [-0.4, -0.2) is 31.7 Å². The van der Waals surface area contributed by atoms with Crippen molar-refractivity contribution in [1.29, 1.82) is 0 Å². The number of nitrogens with one attached hydrogen (secondary N) is 1. The van der Waals surface area contributed by atoms with Crippen LogP contribution in [-0.2, 0) is 0 Å². The summed E-state index contributed by atoms with van der Waals surface area (Å²) in [6, 6.07) is 0. The van der Waals surface area contributed by atoms with Crippen LogP contribution in [0.5, 0.6) is 0 Å². The largest absolute Gasteiger partial charge is 0.347 e. The van der Waals surface area contributed by atoms with Gasteiger partial charge in [0.1, 0.15) is 0 Å². The molecule has 0 saturated carbocycles. The molecule has 0 aliphatic rings.